The summed E-state index contributed by atoms with van der Waals surface area (Å²) in [5, 5.41) is 0.681. The van der Waals surface area contributed by atoms with Gasteiger partial charge in [-0.2, -0.15) is 0 Å². The van der Waals surface area contributed by atoms with E-state index in [1.54, 1.807) is 0 Å². The first kappa shape index (κ1) is 11.3. The molecular weight excluding hydrogens is 285 g/mol. The van der Waals surface area contributed by atoms with Crippen LogP contribution < -0.4 is 9.82 Å². The van der Waals surface area contributed by atoms with Crippen LogP contribution in [0.25, 0.3) is 22.3 Å². The molecule has 0 spiro atoms. The quantitative estimate of drug-likeness (QED) is 0.636. The molecule has 0 unspecified atom stereocenters. The third-order valence-corrected chi connectivity index (χ3v) is 4.97. The van der Waals surface area contributed by atoms with Crippen molar-refractivity contribution in [3.63, 3.8) is 0 Å². The Morgan fingerprint density at radius 3 is 2.33 bits per heavy atom. The number of rotatable bonds is 1. The van der Waals surface area contributed by atoms with E-state index in [2.05, 4.69) is 0 Å². The van der Waals surface area contributed by atoms with Crippen molar-refractivity contribution in [2.75, 3.05) is 0 Å². The van der Waals surface area contributed by atoms with Crippen molar-refractivity contribution in [1.29, 1.82) is 0 Å². The predicted octanol–water partition coefficient (Wildman–Crippen LogP) is 1.45. The molecule has 0 bridgehead atoms. The van der Waals surface area contributed by atoms with E-state index in [0.717, 1.165) is 15.7 Å². The summed E-state index contributed by atoms with van der Waals surface area (Å²) in [6.45, 7) is 0. The first-order chi connectivity index (χ1) is 8.77. The molecule has 0 amide bonds. The van der Waals surface area contributed by atoms with Crippen LogP contribution in [0, 0.1) is 0 Å². The van der Waals surface area contributed by atoms with Gasteiger partial charge in [0.2, 0.25) is 0 Å². The van der Waals surface area contributed by atoms with Crippen LogP contribution in [-0.4, -0.2) is 16.5 Å². The third kappa shape index (κ3) is 1.79. The van der Waals surface area contributed by atoms with E-state index >= 15 is 0 Å². The molecule has 0 aliphatic carbocycles. The molecule has 3 heteroatoms. The summed E-state index contributed by atoms with van der Waals surface area (Å²) in [5.41, 5.74) is 1.76. The fourth-order valence-electron chi connectivity index (χ4n) is 2.10. The number of fused-ring (bicyclic) bond motifs is 1. The van der Waals surface area contributed by atoms with E-state index in [0.29, 0.717) is 11.0 Å². The normalized spacial score (nSPS) is 10.9. The van der Waals surface area contributed by atoms with Gasteiger partial charge in [-0.05, 0) is 0 Å². The van der Waals surface area contributed by atoms with Crippen molar-refractivity contribution < 1.29 is 4.42 Å². The molecule has 3 rings (SSSR count). The maximum atomic E-state index is 12.3. The summed E-state index contributed by atoms with van der Waals surface area (Å²) in [4.78, 5) is 12.3. The van der Waals surface area contributed by atoms with Gasteiger partial charge in [-0.1, -0.05) is 0 Å². The predicted molar refractivity (Wildman–Crippen MR) is 77.5 cm³/mol. The molecule has 0 atom stereocenters. The van der Waals surface area contributed by atoms with Crippen LogP contribution in [-0.2, 0) is 0 Å². The van der Waals surface area contributed by atoms with Crippen LogP contribution in [0.1, 0.15) is 0 Å². The maximum absolute atomic E-state index is 12.3. The zero-order valence-corrected chi connectivity index (χ0v) is 14.2. The second kappa shape index (κ2) is 4.46. The fraction of sp³-hybridized carbons (Fsp3) is 0. The molecule has 1 aromatic heterocycles. The Morgan fingerprint density at radius 2 is 1.56 bits per heavy atom. The molecule has 3 aromatic rings. The van der Waals surface area contributed by atoms with Gasteiger partial charge in [-0.15, -0.1) is 0 Å². The summed E-state index contributed by atoms with van der Waals surface area (Å²) < 4.78 is 6.75. The Hall–Kier alpha value is -1.81. The molecule has 0 saturated heterocycles. The van der Waals surface area contributed by atoms with Crippen LogP contribution in [0.5, 0.6) is 0 Å². The minimum absolute atomic E-state index is 0.121. The van der Waals surface area contributed by atoms with Crippen molar-refractivity contribution in [1.82, 2.24) is 0 Å². The van der Waals surface area contributed by atoms with Crippen LogP contribution in [0.15, 0.2) is 63.8 Å². The first-order valence-corrected chi connectivity index (χ1v) is 7.95. The summed E-state index contributed by atoms with van der Waals surface area (Å²) in [5.74, 6) is 0.735. The molecule has 0 aliphatic rings. The molecular formula is C15H12GeO2. The fourth-order valence-corrected chi connectivity index (χ4v) is 3.48. The van der Waals surface area contributed by atoms with Crippen LogP contribution in [0.4, 0.5) is 0 Å². The standard InChI is InChI=1S/C15H12GeO2/c16-13-14(17)11-8-4-5-9-12(11)18-15(13)10-6-2-1-3-7-10/h1-9H,16H3. The van der Waals surface area contributed by atoms with Crippen molar-refractivity contribution in [3.05, 3.63) is 64.8 Å². The summed E-state index contributed by atoms with van der Waals surface area (Å²) in [7, 11) is 0. The third-order valence-electron chi connectivity index (χ3n) is 3.06. The Bertz CT molecular complexity index is 760. The van der Waals surface area contributed by atoms with Gasteiger partial charge in [-0.3, -0.25) is 0 Å². The summed E-state index contributed by atoms with van der Waals surface area (Å²) in [6.07, 6.45) is 0. The van der Waals surface area contributed by atoms with Gasteiger partial charge in [0.05, 0.1) is 0 Å². The second-order valence-corrected chi connectivity index (χ2v) is 6.35. The van der Waals surface area contributed by atoms with Gasteiger partial charge in [0.25, 0.3) is 0 Å². The SMILES string of the molecule is O=c1[c]([GeH3])c(-c2ccccc2)oc2ccccc12. The second-order valence-electron chi connectivity index (χ2n) is 4.25. The van der Waals surface area contributed by atoms with Gasteiger partial charge in [-0.25, -0.2) is 0 Å². The van der Waals surface area contributed by atoms with E-state index in [9.17, 15) is 4.79 Å². The zero-order valence-electron chi connectivity index (χ0n) is 10.0. The average Bonchev–Trinajstić information content (AvgIpc) is 2.44. The molecule has 0 fully saturated rings. The van der Waals surface area contributed by atoms with Gasteiger partial charge < -0.3 is 0 Å². The molecule has 1 heterocycles. The van der Waals surface area contributed by atoms with Gasteiger partial charge in [0.15, 0.2) is 0 Å². The van der Waals surface area contributed by atoms with Gasteiger partial charge >= 0.3 is 112 Å². The molecule has 0 radical (unpaired) electrons. The molecule has 0 aliphatic heterocycles. The van der Waals surface area contributed by atoms with E-state index in [1.807, 2.05) is 54.6 Å². The van der Waals surface area contributed by atoms with Gasteiger partial charge in [0.1, 0.15) is 0 Å². The van der Waals surface area contributed by atoms with Crippen LogP contribution in [0.3, 0.4) is 0 Å². The molecule has 2 nitrogen and oxygen atoms in total. The van der Waals surface area contributed by atoms with Crippen LogP contribution >= 0.6 is 0 Å². The van der Waals surface area contributed by atoms with Crippen molar-refractivity contribution >= 4 is 31.9 Å². The van der Waals surface area contributed by atoms with E-state index in [4.69, 9.17) is 4.42 Å². The Morgan fingerprint density at radius 1 is 0.889 bits per heavy atom. The van der Waals surface area contributed by atoms with Crippen molar-refractivity contribution in [3.8, 4) is 11.3 Å². The molecule has 0 N–H and O–H groups in total. The topological polar surface area (TPSA) is 30.2 Å². The molecule has 2 aromatic carbocycles. The summed E-state index contributed by atoms with van der Waals surface area (Å²) in [6, 6.07) is 17.2. The first-order valence-electron chi connectivity index (χ1n) is 5.85. The van der Waals surface area contributed by atoms with Crippen molar-refractivity contribution in [2.45, 2.75) is 0 Å². The molecule has 88 valence electrons. The Kier molecular flexibility index (Phi) is 2.80. The zero-order chi connectivity index (χ0) is 12.5. The molecule has 18 heavy (non-hydrogen) atoms. The van der Waals surface area contributed by atoms with E-state index in [-0.39, 0.29) is 21.9 Å². The van der Waals surface area contributed by atoms with E-state index < -0.39 is 0 Å². The molecule has 0 saturated carbocycles. The monoisotopic (exact) mass is 298 g/mol. The Labute approximate surface area is 112 Å². The number of para-hydroxylation sites is 1. The van der Waals surface area contributed by atoms with Gasteiger partial charge in [0, 0.05) is 0 Å². The van der Waals surface area contributed by atoms with Crippen LogP contribution in [0.2, 0.25) is 0 Å². The minimum atomic E-state index is 0.121. The van der Waals surface area contributed by atoms with E-state index in [1.165, 1.54) is 0 Å². The Balaban J connectivity index is 2.38. The van der Waals surface area contributed by atoms with Crippen molar-refractivity contribution in [2.24, 2.45) is 0 Å². The number of hydrogen-bond acceptors (Lipinski definition) is 2. The average molecular weight is 297 g/mol. The number of hydrogen-bond donors (Lipinski definition) is 0. The summed E-state index contributed by atoms with van der Waals surface area (Å²) >= 11 is 0.281. The number of benzene rings is 2.